The van der Waals surface area contributed by atoms with E-state index in [4.69, 9.17) is 4.74 Å². The smallest absolute Gasteiger partial charge is 0.263 e. The number of benzene rings is 3. The topological polar surface area (TPSA) is 75.7 Å². The van der Waals surface area contributed by atoms with Crippen molar-refractivity contribution in [3.63, 3.8) is 0 Å². The zero-order chi connectivity index (χ0) is 19.7. The maximum absolute atomic E-state index is 12.7. The maximum atomic E-state index is 12.7. The fourth-order valence-corrected chi connectivity index (χ4v) is 4.31. The summed E-state index contributed by atoms with van der Waals surface area (Å²) >= 11 is 0. The van der Waals surface area contributed by atoms with Crippen LogP contribution in [0.5, 0.6) is 5.75 Å². The Hall–Kier alpha value is -3.06. The van der Waals surface area contributed by atoms with Crippen molar-refractivity contribution in [2.75, 3.05) is 17.1 Å². The number of amides is 1. The predicted molar refractivity (Wildman–Crippen MR) is 109 cm³/mol. The van der Waals surface area contributed by atoms with Crippen molar-refractivity contribution in [2.45, 2.75) is 12.6 Å². The van der Waals surface area contributed by atoms with Crippen LogP contribution in [0, 0.1) is 0 Å². The Balaban J connectivity index is 1.54. The second-order valence-electron chi connectivity index (χ2n) is 6.72. The van der Waals surface area contributed by atoms with Gasteiger partial charge in [0.05, 0.1) is 18.5 Å². The second kappa shape index (κ2) is 7.16. The van der Waals surface area contributed by atoms with Gasteiger partial charge < -0.3 is 10.1 Å². The molecule has 3 aromatic rings. The van der Waals surface area contributed by atoms with Gasteiger partial charge in [-0.2, -0.15) is 0 Å². The minimum absolute atomic E-state index is 0.0583. The number of carbonyl (C=O) groups excluding carboxylic acids is 1. The van der Waals surface area contributed by atoms with Crippen LogP contribution in [0.25, 0.3) is 10.8 Å². The highest BCUT2D eigenvalue weighted by Gasteiger charge is 2.34. The molecule has 0 bridgehead atoms. The van der Waals surface area contributed by atoms with E-state index in [2.05, 4.69) is 5.32 Å². The van der Waals surface area contributed by atoms with Crippen LogP contribution in [-0.4, -0.2) is 33.2 Å². The normalized spacial score (nSPS) is 16.3. The van der Waals surface area contributed by atoms with Crippen LogP contribution in [0.3, 0.4) is 0 Å². The number of anilines is 1. The fraction of sp³-hybridized carbons (Fsp3) is 0.190. The van der Waals surface area contributed by atoms with Gasteiger partial charge in [-0.25, -0.2) is 8.42 Å². The first-order valence-corrected chi connectivity index (χ1v) is 10.8. The van der Waals surface area contributed by atoms with Crippen molar-refractivity contribution in [2.24, 2.45) is 0 Å². The van der Waals surface area contributed by atoms with Gasteiger partial charge in [-0.15, -0.1) is 0 Å². The molecule has 1 N–H and O–H groups in total. The molecular formula is C21H20N2O4S. The molecule has 4 rings (SSSR count). The number of ether oxygens (including phenoxy) is 1. The summed E-state index contributed by atoms with van der Waals surface area (Å²) in [5, 5.41) is 5.04. The van der Waals surface area contributed by atoms with E-state index in [0.29, 0.717) is 18.0 Å². The monoisotopic (exact) mass is 396 g/mol. The highest BCUT2D eigenvalue weighted by molar-refractivity contribution is 7.92. The van der Waals surface area contributed by atoms with Gasteiger partial charge in [-0.05, 0) is 28.5 Å². The zero-order valence-electron chi connectivity index (χ0n) is 15.3. The summed E-state index contributed by atoms with van der Waals surface area (Å²) < 4.78 is 31.4. The number of para-hydroxylation sites is 2. The molecule has 3 aromatic carbocycles. The quantitative estimate of drug-likeness (QED) is 0.736. The SMILES string of the molecule is CS(=O)(=O)N1C[C@@H](C(=O)NCc2cccc3ccccc23)Oc2ccccc21. The van der Waals surface area contributed by atoms with Crippen LogP contribution in [0.4, 0.5) is 5.69 Å². The van der Waals surface area contributed by atoms with Crippen molar-refractivity contribution in [3.05, 3.63) is 72.3 Å². The van der Waals surface area contributed by atoms with E-state index in [-0.39, 0.29) is 12.5 Å². The van der Waals surface area contributed by atoms with Crippen molar-refractivity contribution in [1.29, 1.82) is 0 Å². The third-order valence-corrected chi connectivity index (χ3v) is 5.91. The molecule has 0 unspecified atom stereocenters. The largest absolute Gasteiger partial charge is 0.476 e. The van der Waals surface area contributed by atoms with E-state index in [1.807, 2.05) is 42.5 Å². The van der Waals surface area contributed by atoms with Gasteiger partial charge in [0.1, 0.15) is 5.75 Å². The van der Waals surface area contributed by atoms with Crippen molar-refractivity contribution < 1.29 is 17.9 Å². The minimum Gasteiger partial charge on any atom is -0.476 e. The first-order valence-electron chi connectivity index (χ1n) is 8.91. The number of sulfonamides is 1. The summed E-state index contributed by atoms with van der Waals surface area (Å²) in [5.74, 6) is 0.0283. The lowest BCUT2D eigenvalue weighted by molar-refractivity contribution is -0.127. The van der Waals surface area contributed by atoms with E-state index in [1.54, 1.807) is 24.3 Å². The summed E-state index contributed by atoms with van der Waals surface area (Å²) in [6, 6.07) is 20.7. The Kier molecular flexibility index (Phi) is 4.68. The summed E-state index contributed by atoms with van der Waals surface area (Å²) in [5.41, 5.74) is 1.44. The molecule has 0 fully saturated rings. The van der Waals surface area contributed by atoms with E-state index in [1.165, 1.54) is 4.31 Å². The fourth-order valence-electron chi connectivity index (χ4n) is 3.40. The van der Waals surface area contributed by atoms with Gasteiger partial charge in [0.2, 0.25) is 10.0 Å². The number of carbonyl (C=O) groups is 1. The molecule has 1 aliphatic rings. The Morgan fingerprint density at radius 1 is 1.07 bits per heavy atom. The molecular weight excluding hydrogens is 376 g/mol. The molecule has 7 heteroatoms. The van der Waals surface area contributed by atoms with E-state index < -0.39 is 16.1 Å². The van der Waals surface area contributed by atoms with Crippen LogP contribution in [0.2, 0.25) is 0 Å². The molecule has 6 nitrogen and oxygen atoms in total. The van der Waals surface area contributed by atoms with Gasteiger partial charge in [-0.3, -0.25) is 9.10 Å². The molecule has 0 spiro atoms. The second-order valence-corrected chi connectivity index (χ2v) is 8.63. The average Bonchev–Trinajstić information content (AvgIpc) is 2.70. The molecule has 0 saturated heterocycles. The number of hydrogen-bond acceptors (Lipinski definition) is 4. The molecule has 0 aromatic heterocycles. The molecule has 1 aliphatic heterocycles. The highest BCUT2D eigenvalue weighted by atomic mass is 32.2. The van der Waals surface area contributed by atoms with Crippen LogP contribution in [0.15, 0.2) is 66.7 Å². The number of fused-ring (bicyclic) bond motifs is 2. The zero-order valence-corrected chi connectivity index (χ0v) is 16.1. The van der Waals surface area contributed by atoms with Crippen molar-refractivity contribution >= 4 is 32.4 Å². The molecule has 1 atom stereocenters. The van der Waals surface area contributed by atoms with Crippen LogP contribution >= 0.6 is 0 Å². The Bertz CT molecular complexity index is 1140. The van der Waals surface area contributed by atoms with E-state index >= 15 is 0 Å². The maximum Gasteiger partial charge on any atom is 0.263 e. The molecule has 0 radical (unpaired) electrons. The van der Waals surface area contributed by atoms with E-state index in [0.717, 1.165) is 22.6 Å². The van der Waals surface area contributed by atoms with Crippen LogP contribution < -0.4 is 14.4 Å². The highest BCUT2D eigenvalue weighted by Crippen LogP contribution is 2.34. The van der Waals surface area contributed by atoms with Crippen molar-refractivity contribution in [3.8, 4) is 5.75 Å². The van der Waals surface area contributed by atoms with Crippen molar-refractivity contribution in [1.82, 2.24) is 5.32 Å². The Morgan fingerprint density at radius 3 is 2.61 bits per heavy atom. The minimum atomic E-state index is -3.53. The van der Waals surface area contributed by atoms with Gasteiger partial charge in [0, 0.05) is 6.54 Å². The molecule has 144 valence electrons. The van der Waals surface area contributed by atoms with Crippen LogP contribution in [-0.2, 0) is 21.4 Å². The number of rotatable bonds is 4. The third kappa shape index (κ3) is 3.53. The first-order chi connectivity index (χ1) is 13.4. The standard InChI is InChI=1S/C21H20N2O4S/c1-28(25,26)23-14-20(27-19-12-5-4-11-18(19)23)21(24)22-13-16-9-6-8-15-7-2-3-10-17(15)16/h2-12,20H,13-14H2,1H3,(H,22,24)/t20-/m0/s1. The summed E-state index contributed by atoms with van der Waals surface area (Å²) in [7, 11) is -3.53. The summed E-state index contributed by atoms with van der Waals surface area (Å²) in [6.07, 6.45) is 0.208. The molecule has 0 saturated carbocycles. The number of nitrogens with zero attached hydrogens (tertiary/aromatic N) is 1. The average molecular weight is 396 g/mol. The van der Waals surface area contributed by atoms with Crippen LogP contribution in [0.1, 0.15) is 5.56 Å². The molecule has 0 aliphatic carbocycles. The van der Waals surface area contributed by atoms with Gasteiger partial charge in [0.25, 0.3) is 5.91 Å². The first kappa shape index (κ1) is 18.3. The molecule has 1 heterocycles. The number of hydrogen-bond donors (Lipinski definition) is 1. The number of nitrogens with one attached hydrogen (secondary N) is 1. The lowest BCUT2D eigenvalue weighted by Gasteiger charge is -2.33. The summed E-state index contributed by atoms with van der Waals surface area (Å²) in [4.78, 5) is 12.7. The lowest BCUT2D eigenvalue weighted by Crippen LogP contribution is -2.50. The Labute approximate surface area is 163 Å². The predicted octanol–water partition coefficient (Wildman–Crippen LogP) is 2.68. The van der Waals surface area contributed by atoms with Gasteiger partial charge >= 0.3 is 0 Å². The Morgan fingerprint density at radius 2 is 1.79 bits per heavy atom. The van der Waals surface area contributed by atoms with Gasteiger partial charge in [0.15, 0.2) is 6.10 Å². The summed E-state index contributed by atoms with van der Waals surface area (Å²) in [6.45, 7) is 0.276. The molecule has 1 amide bonds. The van der Waals surface area contributed by atoms with E-state index in [9.17, 15) is 13.2 Å². The van der Waals surface area contributed by atoms with Gasteiger partial charge in [-0.1, -0.05) is 54.6 Å². The lowest BCUT2D eigenvalue weighted by atomic mass is 10.0. The third-order valence-electron chi connectivity index (χ3n) is 4.76. The molecule has 28 heavy (non-hydrogen) atoms.